The van der Waals surface area contributed by atoms with Crippen molar-refractivity contribution in [1.82, 2.24) is 9.80 Å². The Labute approximate surface area is 259 Å². The van der Waals surface area contributed by atoms with Crippen LogP contribution in [0, 0.1) is 0 Å². The monoisotopic (exact) mass is 613 g/mol. The standard InChI is InChI=1S/C35H39N3O5S/c39-26-28-14-16-29(17-15-28)34-23-32(25-38-20-18-37(19-21-38)24-27-8-3-1-4-9-27)42-35(43-34)30-10-7-11-31(22-30)36-44(40,41)33-12-5-2-6-13-33/h1-17,22,32,34-36,39H,18-21,23-26H2/t32-,34+,35+/m1/s1. The molecular weight excluding hydrogens is 574 g/mol. The van der Waals surface area contributed by atoms with Gasteiger partial charge in [0, 0.05) is 56.9 Å². The maximum Gasteiger partial charge on any atom is 0.261 e. The number of rotatable bonds is 10. The van der Waals surface area contributed by atoms with E-state index in [2.05, 4.69) is 44.9 Å². The second-order valence-corrected chi connectivity index (χ2v) is 13.1. The van der Waals surface area contributed by atoms with Gasteiger partial charge in [0.1, 0.15) is 0 Å². The Morgan fingerprint density at radius 3 is 2.11 bits per heavy atom. The topological polar surface area (TPSA) is 91.3 Å². The number of benzene rings is 4. The van der Waals surface area contributed by atoms with Gasteiger partial charge in [-0.2, -0.15) is 0 Å². The number of piperazine rings is 1. The third-order valence-corrected chi connectivity index (χ3v) is 9.65. The molecule has 0 spiro atoms. The van der Waals surface area contributed by atoms with E-state index in [-0.39, 0.29) is 23.7 Å². The predicted octanol–water partition coefficient (Wildman–Crippen LogP) is 5.34. The molecule has 4 aromatic carbocycles. The van der Waals surface area contributed by atoms with Gasteiger partial charge in [-0.1, -0.05) is 84.9 Å². The Kier molecular flexibility index (Phi) is 9.71. The van der Waals surface area contributed by atoms with Gasteiger partial charge in [0.05, 0.1) is 23.7 Å². The summed E-state index contributed by atoms with van der Waals surface area (Å²) in [5.74, 6) is 0. The van der Waals surface area contributed by atoms with Gasteiger partial charge in [-0.05, 0) is 41.0 Å². The van der Waals surface area contributed by atoms with Crippen LogP contribution in [0.25, 0.3) is 0 Å². The molecule has 8 nitrogen and oxygen atoms in total. The number of ether oxygens (including phenoxy) is 2. The summed E-state index contributed by atoms with van der Waals surface area (Å²) in [6, 6.07) is 34.0. The summed E-state index contributed by atoms with van der Waals surface area (Å²) >= 11 is 0. The van der Waals surface area contributed by atoms with Gasteiger partial charge in [0.15, 0.2) is 6.29 Å². The van der Waals surface area contributed by atoms with Crippen molar-refractivity contribution in [2.45, 2.75) is 43.0 Å². The minimum atomic E-state index is -3.74. The lowest BCUT2D eigenvalue weighted by Gasteiger charge is -2.41. The molecule has 2 saturated heterocycles. The van der Waals surface area contributed by atoms with E-state index in [0.29, 0.717) is 12.1 Å². The minimum Gasteiger partial charge on any atom is -0.392 e. The number of sulfonamides is 1. The van der Waals surface area contributed by atoms with Gasteiger partial charge < -0.3 is 14.6 Å². The molecule has 0 saturated carbocycles. The van der Waals surface area contributed by atoms with Crippen LogP contribution in [0.15, 0.2) is 114 Å². The summed E-state index contributed by atoms with van der Waals surface area (Å²) in [6.45, 7) is 5.65. The number of aliphatic hydroxyl groups excluding tert-OH is 1. The number of nitrogens with zero attached hydrogens (tertiary/aromatic N) is 2. The normalized spacial score (nSPS) is 21.6. The van der Waals surface area contributed by atoms with Crippen molar-refractivity contribution in [1.29, 1.82) is 0 Å². The summed E-state index contributed by atoms with van der Waals surface area (Å²) in [4.78, 5) is 5.16. The Morgan fingerprint density at radius 1 is 0.727 bits per heavy atom. The van der Waals surface area contributed by atoms with Gasteiger partial charge in [-0.15, -0.1) is 0 Å². The predicted molar refractivity (Wildman–Crippen MR) is 170 cm³/mol. The van der Waals surface area contributed by atoms with Crippen LogP contribution in [0.1, 0.15) is 41.1 Å². The van der Waals surface area contributed by atoms with E-state index in [1.807, 2.05) is 36.4 Å². The number of hydrogen-bond donors (Lipinski definition) is 2. The first-order chi connectivity index (χ1) is 21.4. The van der Waals surface area contributed by atoms with Gasteiger partial charge in [0.2, 0.25) is 0 Å². The van der Waals surface area contributed by atoms with Crippen molar-refractivity contribution < 1.29 is 23.0 Å². The number of nitrogens with one attached hydrogen (secondary N) is 1. The second-order valence-electron chi connectivity index (χ2n) is 11.5. The molecule has 9 heteroatoms. The van der Waals surface area contributed by atoms with Crippen LogP contribution in [0.3, 0.4) is 0 Å². The van der Waals surface area contributed by atoms with E-state index >= 15 is 0 Å². The third-order valence-electron chi connectivity index (χ3n) is 8.26. The molecule has 44 heavy (non-hydrogen) atoms. The van der Waals surface area contributed by atoms with Crippen molar-refractivity contribution in [2.24, 2.45) is 0 Å². The molecule has 0 bridgehead atoms. The van der Waals surface area contributed by atoms with E-state index < -0.39 is 16.3 Å². The molecule has 0 amide bonds. The van der Waals surface area contributed by atoms with Crippen molar-refractivity contribution >= 4 is 15.7 Å². The summed E-state index contributed by atoms with van der Waals surface area (Å²) in [7, 11) is -3.74. The van der Waals surface area contributed by atoms with Crippen LogP contribution in [0.5, 0.6) is 0 Å². The molecule has 2 fully saturated rings. The van der Waals surface area contributed by atoms with Crippen LogP contribution < -0.4 is 4.72 Å². The summed E-state index contributed by atoms with van der Waals surface area (Å²) < 4.78 is 41.7. The number of aliphatic hydroxyl groups is 1. The molecule has 2 aliphatic heterocycles. The molecular formula is C35H39N3O5S. The quantitative estimate of drug-likeness (QED) is 0.250. The number of anilines is 1. The van der Waals surface area contributed by atoms with Crippen LogP contribution in [0.4, 0.5) is 5.69 Å². The highest BCUT2D eigenvalue weighted by atomic mass is 32.2. The SMILES string of the molecule is O=S(=O)(Nc1cccc([C@H]2O[C@@H](CN3CCN(Cc4ccccc4)CC3)C[C@@H](c3ccc(CO)cc3)O2)c1)c1ccccc1. The first-order valence-electron chi connectivity index (χ1n) is 15.1. The van der Waals surface area contributed by atoms with Gasteiger partial charge in [0.25, 0.3) is 10.0 Å². The molecule has 3 atom stereocenters. The van der Waals surface area contributed by atoms with Crippen molar-refractivity contribution in [2.75, 3.05) is 37.4 Å². The zero-order valence-electron chi connectivity index (χ0n) is 24.7. The second kappa shape index (κ2) is 14.0. The lowest BCUT2D eigenvalue weighted by atomic mass is 9.99. The van der Waals surface area contributed by atoms with E-state index in [0.717, 1.165) is 56.0 Å². The van der Waals surface area contributed by atoms with Crippen LogP contribution in [-0.4, -0.2) is 62.2 Å². The Hall–Kier alpha value is -3.57. The molecule has 0 unspecified atom stereocenters. The van der Waals surface area contributed by atoms with Crippen molar-refractivity contribution in [3.05, 3.63) is 131 Å². The maximum absolute atomic E-state index is 13.0. The zero-order chi connectivity index (χ0) is 30.4. The summed E-state index contributed by atoms with van der Waals surface area (Å²) in [6.07, 6.45) is -0.270. The Morgan fingerprint density at radius 2 is 1.41 bits per heavy atom. The first-order valence-corrected chi connectivity index (χ1v) is 16.6. The molecule has 2 heterocycles. The van der Waals surface area contributed by atoms with E-state index in [1.54, 1.807) is 42.5 Å². The van der Waals surface area contributed by atoms with E-state index in [9.17, 15) is 13.5 Å². The van der Waals surface area contributed by atoms with Crippen LogP contribution in [-0.2, 0) is 32.6 Å². The van der Waals surface area contributed by atoms with Gasteiger partial charge >= 0.3 is 0 Å². The fourth-order valence-corrected chi connectivity index (χ4v) is 6.93. The van der Waals surface area contributed by atoms with Gasteiger partial charge in [-0.25, -0.2) is 8.42 Å². The smallest absolute Gasteiger partial charge is 0.261 e. The molecule has 230 valence electrons. The Bertz CT molecular complexity index is 1590. The Balaban J connectivity index is 1.16. The van der Waals surface area contributed by atoms with Crippen molar-refractivity contribution in [3.8, 4) is 0 Å². The first kappa shape index (κ1) is 30.5. The maximum atomic E-state index is 13.0. The molecule has 0 aromatic heterocycles. The van der Waals surface area contributed by atoms with Crippen LogP contribution >= 0.6 is 0 Å². The largest absolute Gasteiger partial charge is 0.392 e. The minimum absolute atomic E-state index is 0.0118. The summed E-state index contributed by atoms with van der Waals surface area (Å²) in [5, 5.41) is 9.53. The molecule has 0 aliphatic carbocycles. The molecule has 6 rings (SSSR count). The number of hydrogen-bond acceptors (Lipinski definition) is 7. The molecule has 2 aliphatic rings. The highest BCUT2D eigenvalue weighted by molar-refractivity contribution is 7.92. The molecule has 2 N–H and O–H groups in total. The van der Waals surface area contributed by atoms with E-state index in [4.69, 9.17) is 9.47 Å². The van der Waals surface area contributed by atoms with Crippen molar-refractivity contribution in [3.63, 3.8) is 0 Å². The van der Waals surface area contributed by atoms with Gasteiger partial charge in [-0.3, -0.25) is 14.5 Å². The zero-order valence-corrected chi connectivity index (χ0v) is 25.5. The highest BCUT2D eigenvalue weighted by Gasteiger charge is 2.34. The lowest BCUT2D eigenvalue weighted by molar-refractivity contribution is -0.253. The highest BCUT2D eigenvalue weighted by Crippen LogP contribution is 2.39. The van der Waals surface area contributed by atoms with E-state index in [1.165, 1.54) is 5.56 Å². The molecule has 4 aromatic rings. The molecule has 0 radical (unpaired) electrons. The summed E-state index contributed by atoms with van der Waals surface area (Å²) in [5.41, 5.74) is 4.39. The fourth-order valence-electron chi connectivity index (χ4n) is 5.86. The van der Waals surface area contributed by atoms with Crippen LogP contribution in [0.2, 0.25) is 0 Å². The average molecular weight is 614 g/mol. The third kappa shape index (κ3) is 7.74. The fraction of sp³-hybridized carbons (Fsp3) is 0.314. The lowest BCUT2D eigenvalue weighted by Crippen LogP contribution is -2.49. The average Bonchev–Trinajstić information content (AvgIpc) is 3.06.